The topological polar surface area (TPSA) is 62.9 Å². The van der Waals surface area contributed by atoms with Crippen LogP contribution in [-0.2, 0) is 0 Å². The van der Waals surface area contributed by atoms with Crippen LogP contribution >= 0.6 is 0 Å². The van der Waals surface area contributed by atoms with Crippen LogP contribution in [0.25, 0.3) is 0 Å². The molecular formula is C23H31N5O. The number of benzene rings is 1. The average Bonchev–Trinajstić information content (AvgIpc) is 2.97. The fourth-order valence-electron chi connectivity index (χ4n) is 3.90. The van der Waals surface area contributed by atoms with Gasteiger partial charge in [0.05, 0.1) is 17.1 Å². The Morgan fingerprint density at radius 3 is 2.17 bits per heavy atom. The predicted octanol–water partition coefficient (Wildman–Crippen LogP) is 4.50. The SMILES string of the molecule is CCN(CC)c1cc(C)c(N=C2C(C)=Nn3c2nc(C(C)C)c(C)c3=O)c(C)c1. The van der Waals surface area contributed by atoms with Gasteiger partial charge in [0.1, 0.15) is 5.71 Å². The Balaban J connectivity index is 2.17. The van der Waals surface area contributed by atoms with Crippen molar-refractivity contribution in [2.75, 3.05) is 18.0 Å². The molecule has 0 bridgehead atoms. The Morgan fingerprint density at radius 2 is 1.66 bits per heavy atom. The maximum Gasteiger partial charge on any atom is 0.277 e. The monoisotopic (exact) mass is 393 g/mol. The number of nitrogens with zero attached hydrogens (tertiary/aromatic N) is 5. The van der Waals surface area contributed by atoms with Crippen molar-refractivity contribution >= 4 is 22.8 Å². The summed E-state index contributed by atoms with van der Waals surface area (Å²) in [4.78, 5) is 24.9. The first kappa shape index (κ1) is 21.0. The van der Waals surface area contributed by atoms with E-state index < -0.39 is 0 Å². The normalized spacial score (nSPS) is 14.5. The van der Waals surface area contributed by atoms with Crippen LogP contribution in [0.1, 0.15) is 68.7 Å². The van der Waals surface area contributed by atoms with Crippen molar-refractivity contribution in [1.29, 1.82) is 0 Å². The first-order valence-electron chi connectivity index (χ1n) is 10.3. The van der Waals surface area contributed by atoms with Crippen LogP contribution in [0.4, 0.5) is 11.4 Å². The molecule has 0 N–H and O–H groups in total. The largest absolute Gasteiger partial charge is 0.372 e. The Hall–Kier alpha value is -2.76. The summed E-state index contributed by atoms with van der Waals surface area (Å²) in [6.07, 6.45) is 0. The third kappa shape index (κ3) is 3.63. The zero-order chi connectivity index (χ0) is 21.5. The lowest BCUT2D eigenvalue weighted by molar-refractivity contribution is 0.729. The molecule has 2 aromatic rings. The van der Waals surface area contributed by atoms with E-state index in [-0.39, 0.29) is 11.5 Å². The molecule has 0 unspecified atom stereocenters. The van der Waals surface area contributed by atoms with Gasteiger partial charge in [0.25, 0.3) is 5.56 Å². The van der Waals surface area contributed by atoms with Crippen LogP contribution in [0.15, 0.2) is 27.0 Å². The first-order valence-corrected chi connectivity index (χ1v) is 10.3. The van der Waals surface area contributed by atoms with E-state index in [0.717, 1.165) is 35.6 Å². The molecule has 2 heterocycles. The molecule has 0 fully saturated rings. The summed E-state index contributed by atoms with van der Waals surface area (Å²) < 4.78 is 1.39. The molecule has 0 saturated heterocycles. The molecule has 0 spiro atoms. The van der Waals surface area contributed by atoms with Gasteiger partial charge in [-0.2, -0.15) is 9.78 Å². The van der Waals surface area contributed by atoms with E-state index in [4.69, 9.17) is 9.98 Å². The predicted molar refractivity (Wildman–Crippen MR) is 122 cm³/mol. The highest BCUT2D eigenvalue weighted by atomic mass is 16.1. The number of hydrogen-bond donors (Lipinski definition) is 0. The van der Waals surface area contributed by atoms with Crippen molar-refractivity contribution in [3.8, 4) is 0 Å². The maximum atomic E-state index is 12.8. The third-order valence-corrected chi connectivity index (χ3v) is 5.50. The fourth-order valence-corrected chi connectivity index (χ4v) is 3.90. The van der Waals surface area contributed by atoms with E-state index >= 15 is 0 Å². The molecule has 0 aliphatic carbocycles. The summed E-state index contributed by atoms with van der Waals surface area (Å²) in [6, 6.07) is 4.35. The van der Waals surface area contributed by atoms with E-state index in [1.807, 2.05) is 27.7 Å². The molecule has 1 aliphatic heterocycles. The summed E-state index contributed by atoms with van der Waals surface area (Å²) in [5.74, 6) is 0.695. The lowest BCUT2D eigenvalue weighted by Gasteiger charge is -2.23. The maximum absolute atomic E-state index is 12.8. The second kappa shape index (κ2) is 7.93. The van der Waals surface area contributed by atoms with E-state index in [2.05, 4.69) is 49.8 Å². The Labute approximate surface area is 173 Å². The van der Waals surface area contributed by atoms with Gasteiger partial charge in [-0.3, -0.25) is 4.79 Å². The van der Waals surface area contributed by atoms with Gasteiger partial charge in [0, 0.05) is 24.3 Å². The molecule has 0 atom stereocenters. The highest BCUT2D eigenvalue weighted by Crippen LogP contribution is 2.31. The smallest absolute Gasteiger partial charge is 0.277 e. The Morgan fingerprint density at radius 1 is 1.07 bits per heavy atom. The summed E-state index contributed by atoms with van der Waals surface area (Å²) in [5, 5.41) is 4.44. The average molecular weight is 394 g/mol. The van der Waals surface area contributed by atoms with Crippen molar-refractivity contribution in [1.82, 2.24) is 9.66 Å². The van der Waals surface area contributed by atoms with Crippen molar-refractivity contribution in [2.45, 2.75) is 61.3 Å². The number of aliphatic imine (C=N–C) groups is 1. The molecule has 0 radical (unpaired) electrons. The van der Waals surface area contributed by atoms with Gasteiger partial charge in [-0.25, -0.2) is 9.98 Å². The summed E-state index contributed by atoms with van der Waals surface area (Å²) in [7, 11) is 0. The summed E-state index contributed by atoms with van der Waals surface area (Å²) in [6.45, 7) is 18.2. The van der Waals surface area contributed by atoms with Crippen LogP contribution in [-0.4, -0.2) is 34.2 Å². The lowest BCUT2D eigenvalue weighted by Crippen LogP contribution is -2.26. The Bertz CT molecular complexity index is 1050. The van der Waals surface area contributed by atoms with Crippen molar-refractivity contribution in [3.05, 3.63) is 50.7 Å². The molecule has 1 aromatic heterocycles. The number of hydrogen-bond acceptors (Lipinski definition) is 5. The van der Waals surface area contributed by atoms with Gasteiger partial charge in [0.15, 0.2) is 5.82 Å². The van der Waals surface area contributed by atoms with Crippen LogP contribution in [0.5, 0.6) is 0 Å². The molecule has 3 rings (SSSR count). The second-order valence-electron chi connectivity index (χ2n) is 7.96. The zero-order valence-corrected chi connectivity index (χ0v) is 18.8. The van der Waals surface area contributed by atoms with Gasteiger partial charge in [0.2, 0.25) is 0 Å². The molecule has 0 amide bonds. The fraction of sp³-hybridized carbons (Fsp3) is 0.478. The first-order chi connectivity index (χ1) is 13.7. The second-order valence-corrected chi connectivity index (χ2v) is 7.96. The highest BCUT2D eigenvalue weighted by Gasteiger charge is 2.26. The van der Waals surface area contributed by atoms with Crippen molar-refractivity contribution < 1.29 is 0 Å². The van der Waals surface area contributed by atoms with Gasteiger partial charge < -0.3 is 4.90 Å². The van der Waals surface area contributed by atoms with Gasteiger partial charge in [-0.1, -0.05) is 13.8 Å². The minimum atomic E-state index is -0.117. The number of aryl methyl sites for hydroxylation is 2. The minimum Gasteiger partial charge on any atom is -0.372 e. The van der Waals surface area contributed by atoms with Crippen molar-refractivity contribution in [3.63, 3.8) is 0 Å². The van der Waals surface area contributed by atoms with Crippen LogP contribution in [0.3, 0.4) is 0 Å². The lowest BCUT2D eigenvalue weighted by atomic mass is 10.1. The number of rotatable bonds is 5. The number of fused-ring (bicyclic) bond motifs is 1. The van der Waals surface area contributed by atoms with E-state index in [9.17, 15) is 4.79 Å². The molecular weight excluding hydrogens is 362 g/mol. The molecule has 6 nitrogen and oxygen atoms in total. The van der Waals surface area contributed by atoms with Crippen LogP contribution < -0.4 is 10.5 Å². The number of aromatic nitrogens is 2. The van der Waals surface area contributed by atoms with E-state index in [1.165, 1.54) is 10.4 Å². The quantitative estimate of drug-likeness (QED) is 0.751. The zero-order valence-electron chi connectivity index (χ0n) is 18.8. The number of anilines is 1. The van der Waals surface area contributed by atoms with Gasteiger partial charge in [-0.05, 0) is 70.7 Å². The van der Waals surface area contributed by atoms with Gasteiger partial charge in [-0.15, -0.1) is 0 Å². The van der Waals surface area contributed by atoms with Crippen LogP contribution in [0, 0.1) is 20.8 Å². The van der Waals surface area contributed by atoms with Gasteiger partial charge >= 0.3 is 0 Å². The molecule has 6 heteroatoms. The third-order valence-electron chi connectivity index (χ3n) is 5.50. The summed E-state index contributed by atoms with van der Waals surface area (Å²) >= 11 is 0. The highest BCUT2D eigenvalue weighted by molar-refractivity contribution is 6.48. The molecule has 1 aromatic carbocycles. The minimum absolute atomic E-state index is 0.117. The standard InChI is InChI=1S/C23H31N5O/c1-9-27(10-2)18-11-14(5)20(15(6)12-18)24-21-17(8)26-28-22(21)25-19(13(3)4)16(7)23(28)29/h11-13H,9-10H2,1-8H3. The van der Waals surface area contributed by atoms with Crippen molar-refractivity contribution in [2.24, 2.45) is 10.1 Å². The Kier molecular flexibility index (Phi) is 5.73. The van der Waals surface area contributed by atoms with E-state index in [0.29, 0.717) is 22.8 Å². The van der Waals surface area contributed by atoms with E-state index in [1.54, 1.807) is 0 Å². The van der Waals surface area contributed by atoms with Crippen LogP contribution in [0.2, 0.25) is 0 Å². The molecule has 29 heavy (non-hydrogen) atoms. The summed E-state index contributed by atoms with van der Waals surface area (Å²) in [5.41, 5.74) is 7.05. The molecule has 154 valence electrons. The molecule has 1 aliphatic rings. The molecule has 0 saturated carbocycles.